The molecule has 2 aromatic rings. The van der Waals surface area contributed by atoms with Gasteiger partial charge in [-0.3, -0.25) is 5.41 Å². The van der Waals surface area contributed by atoms with Crippen molar-refractivity contribution in [1.82, 2.24) is 4.31 Å². The van der Waals surface area contributed by atoms with Gasteiger partial charge in [0.25, 0.3) is 0 Å². The van der Waals surface area contributed by atoms with Crippen molar-refractivity contribution in [3.05, 3.63) is 71.3 Å². The molecule has 0 bridgehead atoms. The van der Waals surface area contributed by atoms with E-state index in [2.05, 4.69) is 0 Å². The third-order valence-corrected chi connectivity index (χ3v) is 5.98. The van der Waals surface area contributed by atoms with Crippen LogP contribution in [0.25, 0.3) is 0 Å². The van der Waals surface area contributed by atoms with Crippen LogP contribution in [0.5, 0.6) is 0 Å². The minimum atomic E-state index is -3.58. The van der Waals surface area contributed by atoms with E-state index in [0.717, 1.165) is 11.1 Å². The Bertz CT molecular complexity index is 849. The lowest BCUT2D eigenvalue weighted by molar-refractivity contribution is -0.111. The first-order chi connectivity index (χ1) is 12.4. The van der Waals surface area contributed by atoms with Crippen molar-refractivity contribution in [1.29, 1.82) is 5.41 Å². The molecule has 2 aromatic carbocycles. The second kappa shape index (κ2) is 8.73. The van der Waals surface area contributed by atoms with Crippen molar-refractivity contribution < 1.29 is 13.2 Å². The van der Waals surface area contributed by atoms with E-state index in [0.29, 0.717) is 18.3 Å². The number of sulfonamides is 1. The van der Waals surface area contributed by atoms with Crippen LogP contribution in [-0.2, 0) is 27.8 Å². The number of amidine groups is 1. The van der Waals surface area contributed by atoms with Gasteiger partial charge < -0.3 is 10.5 Å². The number of nitrogen functional groups attached to an aromatic ring is 1. The molecule has 138 valence electrons. The van der Waals surface area contributed by atoms with E-state index in [4.69, 9.17) is 11.1 Å². The number of nitrogens with two attached hydrogens (primary N) is 1. The topological polar surface area (TPSA) is 104 Å². The summed E-state index contributed by atoms with van der Waals surface area (Å²) in [6, 6.07) is 15.3. The molecule has 0 saturated carbocycles. The maximum absolute atomic E-state index is 12.6. The van der Waals surface area contributed by atoms with Gasteiger partial charge in [0.2, 0.25) is 10.0 Å². The first-order valence-corrected chi connectivity index (χ1v) is 9.90. The van der Waals surface area contributed by atoms with Gasteiger partial charge in [-0.25, -0.2) is 8.42 Å². The highest BCUT2D eigenvalue weighted by Crippen LogP contribution is 2.17. The second-order valence-corrected chi connectivity index (χ2v) is 8.16. The molecule has 0 saturated heterocycles. The molecule has 0 unspecified atom stereocenters. The lowest BCUT2D eigenvalue weighted by Crippen LogP contribution is -2.42. The highest BCUT2D eigenvalue weighted by Gasteiger charge is 2.28. The molecule has 0 aliphatic rings. The average Bonchev–Trinajstić information content (AvgIpc) is 2.65. The van der Waals surface area contributed by atoms with Crippen LogP contribution in [0, 0.1) is 5.41 Å². The number of aldehydes is 1. The summed E-state index contributed by atoms with van der Waals surface area (Å²) in [6.45, 7) is 1.65. The Kier molecular flexibility index (Phi) is 6.65. The smallest absolute Gasteiger partial charge is 0.214 e. The Balaban J connectivity index is 2.30. The fourth-order valence-corrected chi connectivity index (χ4v) is 3.84. The minimum absolute atomic E-state index is 0.0515. The zero-order valence-corrected chi connectivity index (χ0v) is 15.4. The molecule has 3 N–H and O–H groups in total. The number of rotatable bonds is 9. The van der Waals surface area contributed by atoms with Gasteiger partial charge in [-0.05, 0) is 24.5 Å². The van der Waals surface area contributed by atoms with E-state index in [9.17, 15) is 13.2 Å². The number of hydrogen-bond acceptors (Lipinski definition) is 4. The van der Waals surface area contributed by atoms with Gasteiger partial charge in [0.1, 0.15) is 12.1 Å². The zero-order valence-electron chi connectivity index (χ0n) is 14.6. The molecule has 7 heteroatoms. The molecule has 0 aliphatic heterocycles. The van der Waals surface area contributed by atoms with Gasteiger partial charge in [0.15, 0.2) is 0 Å². The predicted octanol–water partition coefficient (Wildman–Crippen LogP) is 1.93. The van der Waals surface area contributed by atoms with Crippen molar-refractivity contribution in [3.63, 3.8) is 0 Å². The van der Waals surface area contributed by atoms with Gasteiger partial charge in [0, 0.05) is 12.1 Å². The Morgan fingerprint density at radius 3 is 2.23 bits per heavy atom. The van der Waals surface area contributed by atoms with E-state index in [1.54, 1.807) is 31.2 Å². The van der Waals surface area contributed by atoms with Crippen molar-refractivity contribution in [2.75, 3.05) is 5.75 Å². The van der Waals surface area contributed by atoms with Crippen LogP contribution in [0.1, 0.15) is 23.6 Å². The number of nitrogens with one attached hydrogen (secondary N) is 1. The van der Waals surface area contributed by atoms with Crippen LogP contribution < -0.4 is 5.73 Å². The van der Waals surface area contributed by atoms with Crippen LogP contribution in [0.4, 0.5) is 0 Å². The molecule has 0 heterocycles. The quantitative estimate of drug-likeness (QED) is 0.398. The van der Waals surface area contributed by atoms with Crippen LogP contribution in [-0.4, -0.2) is 36.6 Å². The molecule has 2 rings (SSSR count). The Morgan fingerprint density at radius 2 is 1.73 bits per heavy atom. The maximum atomic E-state index is 12.6. The summed E-state index contributed by atoms with van der Waals surface area (Å²) < 4.78 is 26.4. The van der Waals surface area contributed by atoms with Gasteiger partial charge in [0.05, 0.1) is 11.8 Å². The summed E-state index contributed by atoms with van der Waals surface area (Å²) in [6.07, 6.45) is 0.999. The van der Waals surface area contributed by atoms with Crippen molar-refractivity contribution in [2.45, 2.75) is 25.9 Å². The lowest BCUT2D eigenvalue weighted by Gasteiger charge is -2.27. The fourth-order valence-electron chi connectivity index (χ4n) is 2.63. The zero-order chi connectivity index (χ0) is 19.2. The SMILES string of the molecule is CCS(=O)(=O)N(Cc1ccc(C(=N)N)cc1)[C@@H](C=O)Cc1ccccc1. The van der Waals surface area contributed by atoms with E-state index >= 15 is 0 Å². The summed E-state index contributed by atoms with van der Waals surface area (Å²) in [5, 5.41) is 7.42. The molecule has 26 heavy (non-hydrogen) atoms. The molecule has 0 amide bonds. The van der Waals surface area contributed by atoms with Crippen LogP contribution >= 0.6 is 0 Å². The summed E-state index contributed by atoms with van der Waals surface area (Å²) in [5.41, 5.74) is 7.63. The molecule has 0 fully saturated rings. The van der Waals surface area contributed by atoms with Crippen molar-refractivity contribution >= 4 is 22.1 Å². The number of nitrogens with zero attached hydrogens (tertiary/aromatic N) is 1. The first-order valence-electron chi connectivity index (χ1n) is 8.29. The third-order valence-electron chi connectivity index (χ3n) is 4.14. The molecule has 6 nitrogen and oxygen atoms in total. The third kappa shape index (κ3) is 5.00. The number of hydrogen-bond donors (Lipinski definition) is 2. The van der Waals surface area contributed by atoms with Crippen molar-refractivity contribution in [3.8, 4) is 0 Å². The highest BCUT2D eigenvalue weighted by molar-refractivity contribution is 7.89. The van der Waals surface area contributed by atoms with E-state index < -0.39 is 16.1 Å². The van der Waals surface area contributed by atoms with Crippen LogP contribution in [0.2, 0.25) is 0 Å². The maximum Gasteiger partial charge on any atom is 0.214 e. The Morgan fingerprint density at radius 1 is 1.12 bits per heavy atom. The molecular formula is C19H23N3O3S. The molecule has 0 aromatic heterocycles. The van der Waals surface area contributed by atoms with Gasteiger partial charge in [-0.15, -0.1) is 0 Å². The molecule has 1 atom stereocenters. The van der Waals surface area contributed by atoms with Crippen molar-refractivity contribution in [2.24, 2.45) is 5.73 Å². The number of carbonyl (C=O) groups excluding carboxylic acids is 1. The summed E-state index contributed by atoms with van der Waals surface area (Å²) >= 11 is 0. The average molecular weight is 373 g/mol. The van der Waals surface area contributed by atoms with E-state index in [-0.39, 0.29) is 18.1 Å². The first kappa shape index (κ1) is 19.8. The normalized spacial score (nSPS) is 12.7. The van der Waals surface area contributed by atoms with E-state index in [1.165, 1.54) is 4.31 Å². The van der Waals surface area contributed by atoms with Crippen LogP contribution in [0.15, 0.2) is 54.6 Å². The summed E-state index contributed by atoms with van der Waals surface area (Å²) in [5.74, 6) is -0.137. The van der Waals surface area contributed by atoms with Crippen LogP contribution in [0.3, 0.4) is 0 Å². The monoisotopic (exact) mass is 373 g/mol. The summed E-state index contributed by atoms with van der Waals surface area (Å²) in [4.78, 5) is 11.7. The second-order valence-electron chi connectivity index (χ2n) is 5.95. The number of benzene rings is 2. The van der Waals surface area contributed by atoms with Gasteiger partial charge in [-0.1, -0.05) is 54.6 Å². The predicted molar refractivity (Wildman–Crippen MR) is 102 cm³/mol. The highest BCUT2D eigenvalue weighted by atomic mass is 32.2. The minimum Gasteiger partial charge on any atom is -0.384 e. The van der Waals surface area contributed by atoms with Gasteiger partial charge >= 0.3 is 0 Å². The summed E-state index contributed by atoms with van der Waals surface area (Å²) in [7, 11) is -3.58. The lowest BCUT2D eigenvalue weighted by atomic mass is 10.1. The largest absolute Gasteiger partial charge is 0.384 e. The molecule has 0 spiro atoms. The van der Waals surface area contributed by atoms with Gasteiger partial charge in [-0.2, -0.15) is 4.31 Å². The Labute approximate surface area is 154 Å². The fraction of sp³-hybridized carbons (Fsp3) is 0.263. The molecular weight excluding hydrogens is 350 g/mol. The van der Waals surface area contributed by atoms with E-state index in [1.807, 2.05) is 30.3 Å². The molecule has 0 radical (unpaired) electrons. The molecule has 0 aliphatic carbocycles. The standard InChI is InChI=1S/C19H23N3O3S/c1-2-26(24,25)22(13-16-8-10-17(11-9-16)19(20)21)18(14-23)12-15-6-4-3-5-7-15/h3-11,14,18H,2,12-13H2,1H3,(H3,20,21)/t18-/m1/s1. The number of carbonyl (C=O) groups is 1. The Hall–Kier alpha value is -2.51.